The molecule has 0 bridgehead atoms. The highest BCUT2D eigenvalue weighted by Gasteiger charge is 2.13. The Morgan fingerprint density at radius 1 is 1.21 bits per heavy atom. The van der Waals surface area contributed by atoms with Crippen molar-refractivity contribution >= 4 is 11.9 Å². The SMILES string of the molecule is CCC(C)NC(=O)CCNC(=NC)NCc1ccccc1CN1CCOCC1. The standard InChI is InChI=1S/C21H35N5O2/c1-4-17(2)25-20(27)9-10-23-21(22-3)24-15-18-7-5-6-8-19(18)16-26-11-13-28-14-12-26/h5-8,17H,4,9-16H2,1-3H3,(H,25,27)(H2,22,23,24). The first-order valence-corrected chi connectivity index (χ1v) is 10.2. The van der Waals surface area contributed by atoms with E-state index >= 15 is 0 Å². The molecule has 1 fully saturated rings. The Morgan fingerprint density at radius 2 is 1.93 bits per heavy atom. The number of ether oxygens (including phenoxy) is 1. The fourth-order valence-electron chi connectivity index (χ4n) is 3.03. The molecule has 0 aromatic heterocycles. The van der Waals surface area contributed by atoms with E-state index < -0.39 is 0 Å². The van der Waals surface area contributed by atoms with Crippen LogP contribution in [-0.2, 0) is 22.6 Å². The number of carbonyl (C=O) groups is 1. The van der Waals surface area contributed by atoms with Crippen LogP contribution in [0.2, 0.25) is 0 Å². The van der Waals surface area contributed by atoms with E-state index in [1.54, 1.807) is 7.05 Å². The zero-order valence-corrected chi connectivity index (χ0v) is 17.5. The predicted molar refractivity (Wildman–Crippen MR) is 113 cm³/mol. The molecule has 1 aliphatic heterocycles. The van der Waals surface area contributed by atoms with Gasteiger partial charge in [0.2, 0.25) is 5.91 Å². The van der Waals surface area contributed by atoms with Gasteiger partial charge in [-0.2, -0.15) is 0 Å². The fraction of sp³-hybridized carbons (Fsp3) is 0.619. The van der Waals surface area contributed by atoms with Gasteiger partial charge >= 0.3 is 0 Å². The van der Waals surface area contributed by atoms with Crippen LogP contribution in [0.4, 0.5) is 0 Å². The van der Waals surface area contributed by atoms with Gasteiger partial charge in [0, 0.05) is 52.2 Å². The first-order valence-electron chi connectivity index (χ1n) is 10.2. The van der Waals surface area contributed by atoms with Gasteiger partial charge in [-0.1, -0.05) is 31.2 Å². The molecule has 1 heterocycles. The third-order valence-electron chi connectivity index (χ3n) is 4.95. The second-order valence-electron chi connectivity index (χ2n) is 7.14. The molecule has 1 unspecified atom stereocenters. The van der Waals surface area contributed by atoms with Crippen molar-refractivity contribution in [2.75, 3.05) is 39.9 Å². The van der Waals surface area contributed by atoms with Gasteiger partial charge in [0.25, 0.3) is 0 Å². The summed E-state index contributed by atoms with van der Waals surface area (Å²) < 4.78 is 5.44. The number of benzene rings is 1. The Morgan fingerprint density at radius 3 is 2.61 bits per heavy atom. The van der Waals surface area contributed by atoms with Crippen LogP contribution >= 0.6 is 0 Å². The number of hydrogen-bond acceptors (Lipinski definition) is 4. The van der Waals surface area contributed by atoms with Crippen LogP contribution in [0.1, 0.15) is 37.8 Å². The Balaban J connectivity index is 1.79. The molecule has 0 spiro atoms. The van der Waals surface area contributed by atoms with Crippen molar-refractivity contribution in [2.24, 2.45) is 4.99 Å². The van der Waals surface area contributed by atoms with Crippen molar-refractivity contribution in [1.82, 2.24) is 20.9 Å². The van der Waals surface area contributed by atoms with Gasteiger partial charge in [-0.25, -0.2) is 0 Å². The monoisotopic (exact) mass is 389 g/mol. The molecular formula is C21H35N5O2. The average molecular weight is 390 g/mol. The summed E-state index contributed by atoms with van der Waals surface area (Å²) in [5.41, 5.74) is 2.58. The van der Waals surface area contributed by atoms with E-state index in [1.165, 1.54) is 11.1 Å². The van der Waals surface area contributed by atoms with Crippen LogP contribution in [0.25, 0.3) is 0 Å². The van der Waals surface area contributed by atoms with E-state index in [1.807, 2.05) is 6.92 Å². The number of hydrogen-bond donors (Lipinski definition) is 3. The van der Waals surface area contributed by atoms with E-state index in [2.05, 4.69) is 57.0 Å². The molecule has 1 saturated heterocycles. The molecule has 28 heavy (non-hydrogen) atoms. The Labute approximate surface area is 168 Å². The summed E-state index contributed by atoms with van der Waals surface area (Å²) >= 11 is 0. The van der Waals surface area contributed by atoms with Crippen molar-refractivity contribution in [3.8, 4) is 0 Å². The smallest absolute Gasteiger partial charge is 0.221 e. The summed E-state index contributed by atoms with van der Waals surface area (Å²) in [6.07, 6.45) is 1.37. The van der Waals surface area contributed by atoms with Crippen molar-refractivity contribution in [2.45, 2.75) is 45.8 Å². The van der Waals surface area contributed by atoms with Crippen molar-refractivity contribution < 1.29 is 9.53 Å². The first-order chi connectivity index (χ1) is 13.6. The Bertz CT molecular complexity index is 629. The molecule has 0 aliphatic carbocycles. The highest BCUT2D eigenvalue weighted by Crippen LogP contribution is 2.13. The van der Waals surface area contributed by atoms with E-state index in [0.29, 0.717) is 25.5 Å². The first kappa shape index (κ1) is 22.2. The number of nitrogens with one attached hydrogen (secondary N) is 3. The molecular weight excluding hydrogens is 354 g/mol. The van der Waals surface area contributed by atoms with Gasteiger partial charge in [0.1, 0.15) is 0 Å². The molecule has 1 atom stereocenters. The molecule has 2 rings (SSSR count). The zero-order valence-electron chi connectivity index (χ0n) is 17.5. The number of guanidine groups is 1. The quantitative estimate of drug-likeness (QED) is 0.441. The van der Waals surface area contributed by atoms with Crippen LogP contribution in [0.3, 0.4) is 0 Å². The van der Waals surface area contributed by atoms with Crippen LogP contribution in [0.15, 0.2) is 29.3 Å². The van der Waals surface area contributed by atoms with Gasteiger partial charge in [0.15, 0.2) is 5.96 Å². The number of nitrogens with zero attached hydrogens (tertiary/aromatic N) is 2. The normalized spacial score (nSPS) is 16.5. The molecule has 7 nitrogen and oxygen atoms in total. The molecule has 1 aromatic carbocycles. The van der Waals surface area contributed by atoms with E-state index in [0.717, 1.165) is 39.3 Å². The number of morpholine rings is 1. The van der Waals surface area contributed by atoms with Gasteiger partial charge in [0.05, 0.1) is 13.2 Å². The average Bonchev–Trinajstić information content (AvgIpc) is 2.72. The second-order valence-corrected chi connectivity index (χ2v) is 7.14. The van der Waals surface area contributed by atoms with Crippen molar-refractivity contribution in [3.63, 3.8) is 0 Å². The van der Waals surface area contributed by atoms with Crippen LogP contribution in [0.5, 0.6) is 0 Å². The Hall–Kier alpha value is -2.12. The summed E-state index contributed by atoms with van der Waals surface area (Å²) in [6, 6.07) is 8.70. The van der Waals surface area contributed by atoms with E-state index in [9.17, 15) is 4.79 Å². The van der Waals surface area contributed by atoms with Gasteiger partial charge in [-0.05, 0) is 24.5 Å². The molecule has 7 heteroatoms. The van der Waals surface area contributed by atoms with Gasteiger partial charge in [-0.15, -0.1) is 0 Å². The summed E-state index contributed by atoms with van der Waals surface area (Å²) in [7, 11) is 1.74. The maximum Gasteiger partial charge on any atom is 0.221 e. The lowest BCUT2D eigenvalue weighted by Crippen LogP contribution is -2.40. The lowest BCUT2D eigenvalue weighted by atomic mass is 10.1. The molecule has 156 valence electrons. The van der Waals surface area contributed by atoms with Crippen LogP contribution < -0.4 is 16.0 Å². The maximum atomic E-state index is 11.9. The predicted octanol–water partition coefficient (Wildman–Crippen LogP) is 1.49. The number of rotatable bonds is 9. The third kappa shape index (κ3) is 7.86. The van der Waals surface area contributed by atoms with Gasteiger partial charge < -0.3 is 20.7 Å². The van der Waals surface area contributed by atoms with Crippen LogP contribution in [-0.4, -0.2) is 62.7 Å². The summed E-state index contributed by atoms with van der Waals surface area (Å²) in [5.74, 6) is 0.769. The highest BCUT2D eigenvalue weighted by atomic mass is 16.5. The summed E-state index contributed by atoms with van der Waals surface area (Å²) in [6.45, 7) is 9.82. The minimum absolute atomic E-state index is 0.0631. The lowest BCUT2D eigenvalue weighted by Gasteiger charge is -2.27. The summed E-state index contributed by atoms with van der Waals surface area (Å²) in [4.78, 5) is 18.6. The topological polar surface area (TPSA) is 78.0 Å². The number of amides is 1. The molecule has 0 saturated carbocycles. The largest absolute Gasteiger partial charge is 0.379 e. The minimum atomic E-state index is 0.0631. The van der Waals surface area contributed by atoms with E-state index in [4.69, 9.17) is 4.74 Å². The number of aliphatic imine (C=N–C) groups is 1. The molecule has 3 N–H and O–H groups in total. The third-order valence-corrected chi connectivity index (χ3v) is 4.95. The second kappa shape index (κ2) is 12.4. The zero-order chi connectivity index (χ0) is 20.2. The molecule has 1 amide bonds. The minimum Gasteiger partial charge on any atom is -0.379 e. The molecule has 1 aliphatic rings. The van der Waals surface area contributed by atoms with Crippen molar-refractivity contribution in [1.29, 1.82) is 0 Å². The fourth-order valence-corrected chi connectivity index (χ4v) is 3.03. The highest BCUT2D eigenvalue weighted by molar-refractivity contribution is 5.81. The number of carbonyl (C=O) groups excluding carboxylic acids is 1. The maximum absolute atomic E-state index is 11.9. The van der Waals surface area contributed by atoms with E-state index in [-0.39, 0.29) is 11.9 Å². The molecule has 0 radical (unpaired) electrons. The molecule has 1 aromatic rings. The lowest BCUT2D eigenvalue weighted by molar-refractivity contribution is -0.121. The summed E-state index contributed by atoms with van der Waals surface area (Å²) in [5, 5.41) is 9.54. The Kier molecular flexibility index (Phi) is 9.79. The van der Waals surface area contributed by atoms with Crippen LogP contribution in [0, 0.1) is 0 Å². The van der Waals surface area contributed by atoms with Crippen molar-refractivity contribution in [3.05, 3.63) is 35.4 Å². The van der Waals surface area contributed by atoms with Gasteiger partial charge in [-0.3, -0.25) is 14.7 Å².